The lowest BCUT2D eigenvalue weighted by Crippen LogP contribution is -2.51. The molecule has 2 fully saturated rings. The number of amides is 1. The van der Waals surface area contributed by atoms with Crippen molar-refractivity contribution in [1.82, 2.24) is 15.5 Å². The van der Waals surface area contributed by atoms with Crippen LogP contribution in [0.2, 0.25) is 0 Å². The molecule has 2 heterocycles. The maximum atomic E-state index is 12.2. The number of ether oxygens (including phenoxy) is 1. The van der Waals surface area contributed by atoms with Crippen LogP contribution in [-0.4, -0.2) is 62.8 Å². The van der Waals surface area contributed by atoms with Crippen LogP contribution < -0.4 is 10.6 Å². The van der Waals surface area contributed by atoms with Crippen molar-refractivity contribution in [3.05, 3.63) is 0 Å². The predicted molar refractivity (Wildman–Crippen MR) is 75.1 cm³/mol. The van der Waals surface area contributed by atoms with Crippen LogP contribution in [0, 0.1) is 5.41 Å². The molecule has 2 atom stereocenters. The second-order valence-corrected chi connectivity index (χ2v) is 6.52. The second-order valence-electron chi connectivity index (χ2n) is 6.52. The topological polar surface area (TPSA) is 53.6 Å². The van der Waals surface area contributed by atoms with Crippen LogP contribution in [0.5, 0.6) is 0 Å². The zero-order valence-electron chi connectivity index (χ0n) is 12.4. The molecule has 110 valence electrons. The second kappa shape index (κ2) is 6.20. The van der Waals surface area contributed by atoms with Gasteiger partial charge in [-0.25, -0.2) is 0 Å². The number of rotatable bonds is 4. The summed E-state index contributed by atoms with van der Waals surface area (Å²) in [6.07, 6.45) is 2.55. The van der Waals surface area contributed by atoms with Crippen molar-refractivity contribution in [2.45, 2.75) is 38.8 Å². The van der Waals surface area contributed by atoms with Crippen LogP contribution in [0.4, 0.5) is 0 Å². The number of hydrogen-bond donors (Lipinski definition) is 2. The van der Waals surface area contributed by atoms with Gasteiger partial charge in [0.2, 0.25) is 5.91 Å². The number of nitrogens with one attached hydrogen (secondary N) is 2. The van der Waals surface area contributed by atoms with Gasteiger partial charge in [0, 0.05) is 32.8 Å². The first-order valence-corrected chi connectivity index (χ1v) is 7.30. The number of likely N-dealkylation sites (N-methyl/N-ethyl adjacent to an activating group) is 1. The largest absolute Gasteiger partial charge is 0.377 e. The Morgan fingerprint density at radius 3 is 2.95 bits per heavy atom. The zero-order chi connectivity index (χ0) is 13.9. The van der Waals surface area contributed by atoms with Gasteiger partial charge in [0.15, 0.2) is 0 Å². The van der Waals surface area contributed by atoms with E-state index < -0.39 is 0 Å². The smallest absolute Gasteiger partial charge is 0.238 e. The zero-order valence-corrected chi connectivity index (χ0v) is 12.4. The average molecular weight is 269 g/mol. The summed E-state index contributed by atoms with van der Waals surface area (Å²) in [7, 11) is 1.90. The maximum Gasteiger partial charge on any atom is 0.238 e. The van der Waals surface area contributed by atoms with Crippen LogP contribution in [0.3, 0.4) is 0 Å². The fraction of sp³-hybridized carbons (Fsp3) is 0.929. The van der Waals surface area contributed by atoms with Crippen molar-refractivity contribution in [3.63, 3.8) is 0 Å². The molecule has 5 nitrogen and oxygen atoms in total. The molecular weight excluding hydrogens is 242 g/mol. The molecular formula is C14H27N3O2. The molecule has 19 heavy (non-hydrogen) atoms. The molecule has 2 saturated heterocycles. The van der Waals surface area contributed by atoms with E-state index >= 15 is 0 Å². The van der Waals surface area contributed by atoms with Crippen LogP contribution in [0.25, 0.3) is 0 Å². The average Bonchev–Trinajstić information content (AvgIpc) is 2.81. The highest BCUT2D eigenvalue weighted by Crippen LogP contribution is 2.23. The van der Waals surface area contributed by atoms with E-state index in [0.29, 0.717) is 12.6 Å². The Morgan fingerprint density at radius 2 is 2.32 bits per heavy atom. The van der Waals surface area contributed by atoms with Gasteiger partial charge in [0.25, 0.3) is 0 Å². The van der Waals surface area contributed by atoms with E-state index in [1.807, 2.05) is 7.05 Å². The molecule has 0 aromatic heterocycles. The minimum Gasteiger partial charge on any atom is -0.377 e. The van der Waals surface area contributed by atoms with E-state index in [-0.39, 0.29) is 17.4 Å². The van der Waals surface area contributed by atoms with E-state index in [1.165, 1.54) is 0 Å². The Kier molecular flexibility index (Phi) is 4.81. The molecule has 2 aliphatic rings. The molecule has 2 unspecified atom stereocenters. The Hall–Kier alpha value is -0.650. The lowest BCUT2D eigenvalue weighted by Gasteiger charge is -2.34. The van der Waals surface area contributed by atoms with Gasteiger partial charge in [-0.2, -0.15) is 0 Å². The molecule has 2 aliphatic heterocycles. The SMILES string of the molecule is CNCC1C(=O)NCC(C)(C)CN1CC1CCCO1. The molecule has 2 N–H and O–H groups in total. The van der Waals surface area contributed by atoms with Crippen LogP contribution >= 0.6 is 0 Å². The summed E-state index contributed by atoms with van der Waals surface area (Å²) >= 11 is 0. The van der Waals surface area contributed by atoms with E-state index in [0.717, 1.165) is 39.1 Å². The van der Waals surface area contributed by atoms with Crippen molar-refractivity contribution in [1.29, 1.82) is 0 Å². The molecule has 0 bridgehead atoms. The van der Waals surface area contributed by atoms with Gasteiger partial charge in [-0.1, -0.05) is 13.8 Å². The molecule has 0 aromatic carbocycles. The third kappa shape index (κ3) is 3.91. The number of carbonyl (C=O) groups excluding carboxylic acids is 1. The predicted octanol–water partition coefficient (Wildman–Crippen LogP) is 0.211. The summed E-state index contributed by atoms with van der Waals surface area (Å²) in [4.78, 5) is 14.5. The van der Waals surface area contributed by atoms with Crippen LogP contribution in [0.15, 0.2) is 0 Å². The molecule has 1 amide bonds. The fourth-order valence-corrected chi connectivity index (χ4v) is 2.98. The first kappa shape index (κ1) is 14.8. The number of nitrogens with zero attached hydrogens (tertiary/aromatic N) is 1. The molecule has 0 aromatic rings. The molecule has 0 aliphatic carbocycles. The standard InChI is InChI=1S/C14H27N3O2/c1-14(2)9-16-13(18)12(7-15-3)17(10-14)8-11-5-4-6-19-11/h11-12,15H,4-10H2,1-3H3,(H,16,18). The Balaban J connectivity index is 2.08. The van der Waals surface area contributed by atoms with Gasteiger partial charge in [-0.15, -0.1) is 0 Å². The Bertz CT molecular complexity index is 314. The van der Waals surface area contributed by atoms with Crippen molar-refractivity contribution >= 4 is 5.91 Å². The monoisotopic (exact) mass is 269 g/mol. The van der Waals surface area contributed by atoms with E-state index in [9.17, 15) is 4.79 Å². The van der Waals surface area contributed by atoms with Crippen molar-refractivity contribution in [2.75, 3.05) is 39.8 Å². The minimum absolute atomic E-state index is 0.0871. The lowest BCUT2D eigenvalue weighted by molar-refractivity contribution is -0.125. The fourth-order valence-electron chi connectivity index (χ4n) is 2.98. The van der Waals surface area contributed by atoms with Crippen molar-refractivity contribution < 1.29 is 9.53 Å². The Labute approximate surface area is 116 Å². The third-order valence-electron chi connectivity index (χ3n) is 3.98. The van der Waals surface area contributed by atoms with E-state index in [4.69, 9.17) is 4.74 Å². The van der Waals surface area contributed by atoms with Gasteiger partial charge in [-0.05, 0) is 25.3 Å². The molecule has 0 radical (unpaired) electrons. The summed E-state index contributed by atoms with van der Waals surface area (Å²) < 4.78 is 5.73. The molecule has 2 rings (SSSR count). The summed E-state index contributed by atoms with van der Waals surface area (Å²) in [5, 5.41) is 6.20. The first-order valence-electron chi connectivity index (χ1n) is 7.30. The summed E-state index contributed by atoms with van der Waals surface area (Å²) in [6, 6.07) is -0.0871. The lowest BCUT2D eigenvalue weighted by atomic mass is 9.93. The van der Waals surface area contributed by atoms with Gasteiger partial charge in [0.05, 0.1) is 6.10 Å². The van der Waals surface area contributed by atoms with Gasteiger partial charge >= 0.3 is 0 Å². The highest BCUT2D eigenvalue weighted by molar-refractivity contribution is 5.82. The summed E-state index contributed by atoms with van der Waals surface area (Å²) in [5.74, 6) is 0.137. The molecule has 0 saturated carbocycles. The normalized spacial score (nSPS) is 32.1. The van der Waals surface area contributed by atoms with Crippen molar-refractivity contribution in [3.8, 4) is 0 Å². The van der Waals surface area contributed by atoms with Crippen molar-refractivity contribution in [2.24, 2.45) is 5.41 Å². The summed E-state index contributed by atoms with van der Waals surface area (Å²) in [6.45, 7) is 8.50. The highest BCUT2D eigenvalue weighted by atomic mass is 16.5. The van der Waals surface area contributed by atoms with E-state index in [2.05, 4.69) is 29.4 Å². The molecule has 5 heteroatoms. The van der Waals surface area contributed by atoms with Gasteiger partial charge < -0.3 is 15.4 Å². The minimum atomic E-state index is -0.0871. The van der Waals surface area contributed by atoms with Gasteiger partial charge in [0.1, 0.15) is 6.04 Å². The first-order chi connectivity index (χ1) is 9.02. The quantitative estimate of drug-likeness (QED) is 0.766. The van der Waals surface area contributed by atoms with Crippen LogP contribution in [-0.2, 0) is 9.53 Å². The van der Waals surface area contributed by atoms with E-state index in [1.54, 1.807) is 0 Å². The third-order valence-corrected chi connectivity index (χ3v) is 3.98. The maximum absolute atomic E-state index is 12.2. The number of hydrogen-bond acceptors (Lipinski definition) is 4. The molecule has 0 spiro atoms. The Morgan fingerprint density at radius 1 is 1.53 bits per heavy atom. The number of carbonyl (C=O) groups is 1. The van der Waals surface area contributed by atoms with Crippen LogP contribution in [0.1, 0.15) is 26.7 Å². The highest BCUT2D eigenvalue weighted by Gasteiger charge is 2.36. The summed E-state index contributed by atoms with van der Waals surface area (Å²) in [5.41, 5.74) is 0.108. The van der Waals surface area contributed by atoms with Gasteiger partial charge in [-0.3, -0.25) is 9.69 Å².